The van der Waals surface area contributed by atoms with Crippen LogP contribution in [0.1, 0.15) is 34.6 Å². The summed E-state index contributed by atoms with van der Waals surface area (Å²) in [6, 6.07) is 10.3. The molecule has 29 heavy (non-hydrogen) atoms. The van der Waals surface area contributed by atoms with Gasteiger partial charge in [0.15, 0.2) is 0 Å². The van der Waals surface area contributed by atoms with E-state index in [0.29, 0.717) is 13.1 Å². The number of nitro groups is 1. The summed E-state index contributed by atoms with van der Waals surface area (Å²) in [4.78, 5) is 34.4. The zero-order valence-electron chi connectivity index (χ0n) is 15.8. The molecule has 0 aliphatic carbocycles. The fourth-order valence-electron chi connectivity index (χ4n) is 2.50. The molecule has 2 N–H and O–H groups in total. The first kappa shape index (κ1) is 22.0. The van der Waals surface area contributed by atoms with E-state index in [1.54, 1.807) is 13.8 Å². The number of sulfonamides is 1. The Morgan fingerprint density at radius 3 is 2.03 bits per heavy atom. The molecule has 154 valence electrons. The minimum atomic E-state index is -3.73. The van der Waals surface area contributed by atoms with E-state index in [0.717, 1.165) is 12.1 Å². The van der Waals surface area contributed by atoms with E-state index in [9.17, 15) is 28.1 Å². The van der Waals surface area contributed by atoms with Crippen LogP contribution in [-0.2, 0) is 10.0 Å². The molecule has 0 fully saturated rings. The van der Waals surface area contributed by atoms with Crippen LogP contribution in [0, 0.1) is 10.1 Å². The van der Waals surface area contributed by atoms with Gasteiger partial charge in [-0.3, -0.25) is 30.6 Å². The molecular formula is C18H20N4O6S. The summed E-state index contributed by atoms with van der Waals surface area (Å²) < 4.78 is 26.4. The standard InChI is InChI=1S/C18H20N4O6S/c1-3-21(4-2)29(27,28)16-7-5-6-14(12-16)18(24)20-19-17(23)13-8-10-15(11-9-13)22(25)26/h5-12H,3-4H2,1-2H3,(H,19,23)(H,20,24). The number of carbonyl (C=O) groups excluding carboxylic acids is 2. The number of benzene rings is 2. The van der Waals surface area contributed by atoms with Crippen LogP contribution < -0.4 is 10.9 Å². The number of carbonyl (C=O) groups is 2. The highest BCUT2D eigenvalue weighted by molar-refractivity contribution is 7.89. The minimum absolute atomic E-state index is 0.0319. The highest BCUT2D eigenvalue weighted by Crippen LogP contribution is 2.17. The third-order valence-corrected chi connectivity index (χ3v) is 6.12. The lowest BCUT2D eigenvalue weighted by Crippen LogP contribution is -2.41. The Morgan fingerprint density at radius 1 is 0.966 bits per heavy atom. The van der Waals surface area contributed by atoms with Gasteiger partial charge in [0.1, 0.15) is 0 Å². The van der Waals surface area contributed by atoms with Gasteiger partial charge in [-0.05, 0) is 30.3 Å². The van der Waals surface area contributed by atoms with Crippen molar-refractivity contribution in [1.82, 2.24) is 15.2 Å². The molecule has 0 aliphatic heterocycles. The first-order valence-electron chi connectivity index (χ1n) is 8.66. The number of rotatable bonds is 7. The maximum absolute atomic E-state index is 12.6. The fraction of sp³-hybridized carbons (Fsp3) is 0.222. The lowest BCUT2D eigenvalue weighted by Gasteiger charge is -2.18. The monoisotopic (exact) mass is 420 g/mol. The normalized spacial score (nSPS) is 11.1. The lowest BCUT2D eigenvalue weighted by molar-refractivity contribution is -0.384. The molecule has 0 saturated heterocycles. The van der Waals surface area contributed by atoms with Crippen LogP contribution in [0.3, 0.4) is 0 Å². The molecule has 0 bridgehead atoms. The largest absolute Gasteiger partial charge is 0.269 e. The van der Waals surface area contributed by atoms with E-state index in [1.165, 1.54) is 40.7 Å². The van der Waals surface area contributed by atoms with Crippen molar-refractivity contribution in [1.29, 1.82) is 0 Å². The van der Waals surface area contributed by atoms with Crippen LogP contribution in [0.15, 0.2) is 53.4 Å². The number of hydrogen-bond acceptors (Lipinski definition) is 6. The second-order valence-electron chi connectivity index (χ2n) is 5.83. The number of hydrogen-bond donors (Lipinski definition) is 2. The smallest absolute Gasteiger partial charge is 0.267 e. The van der Waals surface area contributed by atoms with Gasteiger partial charge in [0.05, 0.1) is 9.82 Å². The molecule has 0 spiro atoms. The molecule has 0 radical (unpaired) electrons. The van der Waals surface area contributed by atoms with E-state index in [1.807, 2.05) is 0 Å². The Bertz CT molecular complexity index is 1020. The molecule has 2 rings (SSSR count). The maximum Gasteiger partial charge on any atom is 0.269 e. The topological polar surface area (TPSA) is 139 Å². The van der Waals surface area contributed by atoms with Crippen LogP contribution in [0.2, 0.25) is 0 Å². The van der Waals surface area contributed by atoms with Gasteiger partial charge in [0.25, 0.3) is 17.5 Å². The molecule has 0 atom stereocenters. The van der Waals surface area contributed by atoms with Crippen LogP contribution in [0.4, 0.5) is 5.69 Å². The molecule has 10 nitrogen and oxygen atoms in total. The van der Waals surface area contributed by atoms with Gasteiger partial charge in [-0.15, -0.1) is 0 Å². The van der Waals surface area contributed by atoms with Crippen molar-refractivity contribution in [3.8, 4) is 0 Å². The van der Waals surface area contributed by atoms with E-state index in [-0.39, 0.29) is 21.7 Å². The molecule has 0 heterocycles. The van der Waals surface area contributed by atoms with Gasteiger partial charge in [0, 0.05) is 36.3 Å². The Morgan fingerprint density at radius 2 is 1.52 bits per heavy atom. The highest BCUT2D eigenvalue weighted by atomic mass is 32.2. The number of non-ortho nitro benzene ring substituents is 1. The van der Waals surface area contributed by atoms with Crippen molar-refractivity contribution in [2.24, 2.45) is 0 Å². The minimum Gasteiger partial charge on any atom is -0.267 e. The zero-order valence-corrected chi connectivity index (χ0v) is 16.6. The van der Waals surface area contributed by atoms with E-state index >= 15 is 0 Å². The third-order valence-electron chi connectivity index (χ3n) is 4.07. The lowest BCUT2D eigenvalue weighted by atomic mass is 10.2. The fourth-order valence-corrected chi connectivity index (χ4v) is 4.01. The van der Waals surface area contributed by atoms with Gasteiger partial charge < -0.3 is 0 Å². The van der Waals surface area contributed by atoms with Gasteiger partial charge in [-0.25, -0.2) is 8.42 Å². The van der Waals surface area contributed by atoms with Crippen molar-refractivity contribution in [2.45, 2.75) is 18.7 Å². The average Bonchev–Trinajstić information content (AvgIpc) is 2.72. The molecule has 2 amide bonds. The molecular weight excluding hydrogens is 400 g/mol. The Balaban J connectivity index is 2.09. The van der Waals surface area contributed by atoms with Gasteiger partial charge in [-0.2, -0.15) is 4.31 Å². The average molecular weight is 420 g/mol. The van der Waals surface area contributed by atoms with E-state index in [2.05, 4.69) is 10.9 Å². The number of hydrazine groups is 1. The second kappa shape index (κ2) is 9.26. The van der Waals surface area contributed by atoms with Crippen LogP contribution in [0.5, 0.6) is 0 Å². The predicted molar refractivity (Wildman–Crippen MR) is 105 cm³/mol. The van der Waals surface area contributed by atoms with Crippen molar-refractivity contribution >= 4 is 27.5 Å². The second-order valence-corrected chi connectivity index (χ2v) is 7.77. The Labute approximate surface area is 167 Å². The van der Waals surface area contributed by atoms with Crippen molar-refractivity contribution in [2.75, 3.05) is 13.1 Å². The summed E-state index contributed by atoms with van der Waals surface area (Å²) in [5, 5.41) is 10.6. The molecule has 0 aliphatic rings. The quantitative estimate of drug-likeness (QED) is 0.516. The molecule has 2 aromatic rings. The first-order chi connectivity index (χ1) is 13.7. The van der Waals surface area contributed by atoms with E-state index < -0.39 is 26.8 Å². The van der Waals surface area contributed by atoms with Gasteiger partial charge >= 0.3 is 0 Å². The van der Waals surface area contributed by atoms with Crippen LogP contribution in [-0.4, -0.2) is 42.6 Å². The number of nitro benzene ring substituents is 1. The Hall–Kier alpha value is -3.31. The third kappa shape index (κ3) is 5.15. The van der Waals surface area contributed by atoms with Gasteiger partial charge in [0.2, 0.25) is 10.0 Å². The van der Waals surface area contributed by atoms with Crippen LogP contribution >= 0.6 is 0 Å². The van der Waals surface area contributed by atoms with Gasteiger partial charge in [-0.1, -0.05) is 19.9 Å². The molecule has 11 heteroatoms. The predicted octanol–water partition coefficient (Wildman–Crippen LogP) is 1.70. The van der Waals surface area contributed by atoms with Crippen molar-refractivity contribution in [3.63, 3.8) is 0 Å². The van der Waals surface area contributed by atoms with Crippen molar-refractivity contribution in [3.05, 3.63) is 69.8 Å². The summed E-state index contributed by atoms with van der Waals surface area (Å²) in [7, 11) is -3.73. The summed E-state index contributed by atoms with van der Waals surface area (Å²) >= 11 is 0. The number of nitrogens with one attached hydrogen (secondary N) is 2. The zero-order chi connectivity index (χ0) is 21.6. The molecule has 2 aromatic carbocycles. The van der Waals surface area contributed by atoms with Crippen molar-refractivity contribution < 1.29 is 22.9 Å². The number of amides is 2. The summed E-state index contributed by atoms with van der Waals surface area (Å²) in [6.07, 6.45) is 0. The summed E-state index contributed by atoms with van der Waals surface area (Å²) in [5.74, 6) is -1.39. The van der Waals surface area contributed by atoms with E-state index in [4.69, 9.17) is 0 Å². The first-order valence-corrected chi connectivity index (χ1v) is 10.1. The molecule has 0 saturated carbocycles. The Kier molecular flexibility index (Phi) is 7.02. The maximum atomic E-state index is 12.6. The number of nitrogens with zero attached hydrogens (tertiary/aromatic N) is 2. The molecule has 0 aromatic heterocycles. The SMILES string of the molecule is CCN(CC)S(=O)(=O)c1cccc(C(=O)NNC(=O)c2ccc([N+](=O)[O-])cc2)c1. The summed E-state index contributed by atoms with van der Waals surface area (Å²) in [5.41, 5.74) is 4.35. The molecule has 0 unspecified atom stereocenters. The van der Waals surface area contributed by atoms with Crippen LogP contribution in [0.25, 0.3) is 0 Å². The highest BCUT2D eigenvalue weighted by Gasteiger charge is 2.22. The summed E-state index contributed by atoms with van der Waals surface area (Å²) in [6.45, 7) is 4.01.